The monoisotopic (exact) mass is 224 g/mol. The van der Waals surface area contributed by atoms with Gasteiger partial charge in [-0.3, -0.25) is 9.89 Å². The Labute approximate surface area is 76.9 Å². The van der Waals surface area contributed by atoms with E-state index in [0.29, 0.717) is 5.69 Å². The molecule has 0 atom stereocenters. The highest BCUT2D eigenvalue weighted by Gasteiger charge is 2.09. The zero-order valence-corrected chi connectivity index (χ0v) is 7.63. The summed E-state index contributed by atoms with van der Waals surface area (Å²) in [6, 6.07) is 7.50. The fourth-order valence-electron chi connectivity index (χ4n) is 1.11. The van der Waals surface area contributed by atoms with Gasteiger partial charge in [-0.2, -0.15) is 5.10 Å². The normalized spacial score (nSPS) is 10.4. The van der Waals surface area contributed by atoms with Crippen molar-refractivity contribution in [2.75, 3.05) is 0 Å². The number of carbonyl (C=O) groups excluding carboxylic acids is 1. The van der Waals surface area contributed by atoms with Gasteiger partial charge in [-0.05, 0) is 22.0 Å². The van der Waals surface area contributed by atoms with Gasteiger partial charge < -0.3 is 0 Å². The number of halogens is 1. The molecule has 0 aliphatic carbocycles. The second-order valence-electron chi connectivity index (χ2n) is 2.39. The van der Waals surface area contributed by atoms with E-state index in [9.17, 15) is 4.79 Å². The number of hydrogen-bond donors (Lipinski definition) is 1. The van der Waals surface area contributed by atoms with Gasteiger partial charge in [0.2, 0.25) is 4.69 Å². The van der Waals surface area contributed by atoms with Gasteiger partial charge in [0.25, 0.3) is 0 Å². The van der Waals surface area contributed by atoms with Crippen LogP contribution in [0.2, 0.25) is 0 Å². The molecular formula is C8H5BrN2O. The number of benzene rings is 1. The van der Waals surface area contributed by atoms with Crippen LogP contribution < -0.4 is 0 Å². The summed E-state index contributed by atoms with van der Waals surface area (Å²) in [5.74, 6) is 0. The van der Waals surface area contributed by atoms with Crippen molar-refractivity contribution in [2.45, 2.75) is 0 Å². The van der Waals surface area contributed by atoms with Crippen molar-refractivity contribution in [3.05, 3.63) is 30.0 Å². The van der Waals surface area contributed by atoms with Gasteiger partial charge in [0.05, 0.1) is 5.52 Å². The second-order valence-corrected chi connectivity index (χ2v) is 3.11. The Balaban J connectivity index is 2.79. The molecule has 0 unspecified atom stereocenters. The van der Waals surface area contributed by atoms with E-state index >= 15 is 0 Å². The predicted octanol–water partition coefficient (Wildman–Crippen LogP) is 2.10. The summed E-state index contributed by atoms with van der Waals surface area (Å²) in [6.07, 6.45) is 0. The molecule has 1 heterocycles. The molecule has 2 rings (SSSR count). The third-order valence-corrected chi connectivity index (χ3v) is 2.03. The maximum absolute atomic E-state index is 11.0. The van der Waals surface area contributed by atoms with Crippen LogP contribution in [0, 0.1) is 0 Å². The molecule has 0 saturated carbocycles. The lowest BCUT2D eigenvalue weighted by Gasteiger charge is -1.86. The molecule has 0 radical (unpaired) electrons. The minimum absolute atomic E-state index is 0.194. The average molecular weight is 225 g/mol. The number of para-hydroxylation sites is 1. The lowest BCUT2D eigenvalue weighted by molar-refractivity contribution is 0.109. The molecule has 1 aromatic heterocycles. The molecule has 0 saturated heterocycles. The van der Waals surface area contributed by atoms with Crippen LogP contribution in [0.15, 0.2) is 24.3 Å². The van der Waals surface area contributed by atoms with Gasteiger partial charge in [-0.25, -0.2) is 0 Å². The smallest absolute Gasteiger partial charge is 0.248 e. The largest absolute Gasteiger partial charge is 0.279 e. The average Bonchev–Trinajstić information content (AvgIpc) is 2.47. The van der Waals surface area contributed by atoms with Gasteiger partial charge in [-0.15, -0.1) is 0 Å². The zero-order chi connectivity index (χ0) is 8.55. The van der Waals surface area contributed by atoms with E-state index < -0.39 is 0 Å². The van der Waals surface area contributed by atoms with E-state index in [1.54, 1.807) is 0 Å². The molecule has 2 aromatic rings. The zero-order valence-electron chi connectivity index (χ0n) is 6.04. The molecule has 0 aliphatic heterocycles. The second kappa shape index (κ2) is 2.71. The van der Waals surface area contributed by atoms with Crippen molar-refractivity contribution in [3.8, 4) is 0 Å². The first-order valence-electron chi connectivity index (χ1n) is 3.42. The molecular weight excluding hydrogens is 220 g/mol. The Bertz CT molecular complexity index is 435. The number of carbonyl (C=O) groups is 1. The third-order valence-electron chi connectivity index (χ3n) is 1.66. The van der Waals surface area contributed by atoms with Crippen LogP contribution in [0.3, 0.4) is 0 Å². The SMILES string of the molecule is O=C(Br)c1n[nH]c2ccccc12. The topological polar surface area (TPSA) is 45.8 Å². The number of H-pyrrole nitrogens is 1. The summed E-state index contributed by atoms with van der Waals surface area (Å²) in [5, 5.41) is 7.49. The highest BCUT2D eigenvalue weighted by molar-refractivity contribution is 9.18. The lowest BCUT2D eigenvalue weighted by atomic mass is 10.2. The summed E-state index contributed by atoms with van der Waals surface area (Å²) >= 11 is 2.86. The first-order valence-corrected chi connectivity index (χ1v) is 4.21. The molecule has 60 valence electrons. The van der Waals surface area contributed by atoms with E-state index in [1.165, 1.54) is 0 Å². The molecule has 0 fully saturated rings. The Morgan fingerprint density at radius 3 is 2.92 bits per heavy atom. The van der Waals surface area contributed by atoms with Crippen molar-refractivity contribution >= 4 is 31.5 Å². The van der Waals surface area contributed by atoms with Gasteiger partial charge in [0.1, 0.15) is 5.69 Å². The number of aromatic amines is 1. The van der Waals surface area contributed by atoms with E-state index in [2.05, 4.69) is 26.1 Å². The Morgan fingerprint density at radius 2 is 2.17 bits per heavy atom. The van der Waals surface area contributed by atoms with Crippen molar-refractivity contribution in [1.29, 1.82) is 0 Å². The molecule has 4 heteroatoms. The molecule has 0 aliphatic rings. The predicted molar refractivity (Wildman–Crippen MR) is 49.4 cm³/mol. The van der Waals surface area contributed by atoms with Crippen molar-refractivity contribution in [2.24, 2.45) is 0 Å². The number of nitrogens with zero attached hydrogens (tertiary/aromatic N) is 1. The van der Waals surface area contributed by atoms with E-state index in [1.807, 2.05) is 24.3 Å². The molecule has 0 bridgehead atoms. The van der Waals surface area contributed by atoms with Crippen molar-refractivity contribution < 1.29 is 4.79 Å². The third kappa shape index (κ3) is 1.04. The Kier molecular flexibility index (Phi) is 1.69. The summed E-state index contributed by atoms with van der Waals surface area (Å²) < 4.78 is -0.194. The number of nitrogens with one attached hydrogen (secondary N) is 1. The van der Waals surface area contributed by atoms with Gasteiger partial charge >= 0.3 is 0 Å². The molecule has 3 nitrogen and oxygen atoms in total. The lowest BCUT2D eigenvalue weighted by Crippen LogP contribution is -1.87. The Morgan fingerprint density at radius 1 is 1.42 bits per heavy atom. The summed E-state index contributed by atoms with van der Waals surface area (Å²) in [6.45, 7) is 0. The van der Waals surface area contributed by atoms with E-state index in [4.69, 9.17) is 0 Å². The highest BCUT2D eigenvalue weighted by atomic mass is 79.9. The summed E-state index contributed by atoms with van der Waals surface area (Å²) in [4.78, 5) is 11.0. The maximum atomic E-state index is 11.0. The first-order chi connectivity index (χ1) is 5.79. The number of aromatic nitrogens is 2. The quantitative estimate of drug-likeness (QED) is 0.755. The van der Waals surface area contributed by atoms with Crippen LogP contribution in [0.4, 0.5) is 0 Å². The minimum atomic E-state index is -0.194. The summed E-state index contributed by atoms with van der Waals surface area (Å²) in [5.41, 5.74) is 1.31. The number of fused-ring (bicyclic) bond motifs is 1. The molecule has 1 N–H and O–H groups in total. The first kappa shape index (κ1) is 7.49. The Hall–Kier alpha value is -1.16. The maximum Gasteiger partial charge on any atom is 0.248 e. The standard InChI is InChI=1S/C8H5BrN2O/c9-8(12)7-5-3-1-2-4-6(5)10-11-7/h1-4H,(H,10,11). The van der Waals surface area contributed by atoms with Gasteiger partial charge in [0, 0.05) is 5.39 Å². The van der Waals surface area contributed by atoms with Crippen LogP contribution in [0.25, 0.3) is 10.9 Å². The van der Waals surface area contributed by atoms with Crippen LogP contribution in [-0.4, -0.2) is 14.9 Å². The molecule has 0 amide bonds. The van der Waals surface area contributed by atoms with Crippen molar-refractivity contribution in [1.82, 2.24) is 10.2 Å². The molecule has 0 spiro atoms. The van der Waals surface area contributed by atoms with Crippen LogP contribution in [-0.2, 0) is 0 Å². The van der Waals surface area contributed by atoms with Gasteiger partial charge in [-0.1, -0.05) is 18.2 Å². The highest BCUT2D eigenvalue weighted by Crippen LogP contribution is 2.16. The number of hydrogen-bond acceptors (Lipinski definition) is 2. The fourth-order valence-corrected chi connectivity index (χ4v) is 1.42. The molecule has 1 aromatic carbocycles. The minimum Gasteiger partial charge on any atom is -0.279 e. The van der Waals surface area contributed by atoms with Crippen LogP contribution >= 0.6 is 15.9 Å². The van der Waals surface area contributed by atoms with E-state index in [-0.39, 0.29) is 4.69 Å². The van der Waals surface area contributed by atoms with Crippen molar-refractivity contribution in [3.63, 3.8) is 0 Å². The number of rotatable bonds is 1. The fraction of sp³-hybridized carbons (Fsp3) is 0. The molecule has 12 heavy (non-hydrogen) atoms. The van der Waals surface area contributed by atoms with Crippen LogP contribution in [0.5, 0.6) is 0 Å². The van der Waals surface area contributed by atoms with Gasteiger partial charge in [0.15, 0.2) is 0 Å². The van der Waals surface area contributed by atoms with E-state index in [0.717, 1.165) is 10.9 Å². The van der Waals surface area contributed by atoms with Crippen LogP contribution in [0.1, 0.15) is 10.5 Å². The summed E-state index contributed by atoms with van der Waals surface area (Å²) in [7, 11) is 0.